The lowest BCUT2D eigenvalue weighted by Gasteiger charge is -2.10. The van der Waals surface area contributed by atoms with Gasteiger partial charge in [-0.25, -0.2) is 4.79 Å². The van der Waals surface area contributed by atoms with Crippen LogP contribution in [0, 0.1) is 13.8 Å². The number of carbonyl (C=O) groups excluding carboxylic acids is 3. The van der Waals surface area contributed by atoms with E-state index in [0.717, 1.165) is 22.4 Å². The van der Waals surface area contributed by atoms with Crippen molar-refractivity contribution in [2.24, 2.45) is 0 Å². The normalized spacial score (nSPS) is 10.4. The number of hydrogen-bond acceptors (Lipinski definition) is 5. The molecule has 28 heavy (non-hydrogen) atoms. The van der Waals surface area contributed by atoms with E-state index in [-0.39, 0.29) is 18.8 Å². The van der Waals surface area contributed by atoms with E-state index in [1.54, 1.807) is 7.11 Å². The molecule has 2 aromatic carbocycles. The van der Waals surface area contributed by atoms with E-state index in [9.17, 15) is 14.4 Å². The van der Waals surface area contributed by atoms with Crippen molar-refractivity contribution in [3.8, 4) is 5.75 Å². The fourth-order valence-electron chi connectivity index (χ4n) is 3.05. The van der Waals surface area contributed by atoms with E-state index in [1.165, 1.54) is 0 Å². The van der Waals surface area contributed by atoms with Crippen molar-refractivity contribution < 1.29 is 23.9 Å². The number of hydrogen-bond donors (Lipinski definition) is 0. The lowest BCUT2D eigenvalue weighted by Crippen LogP contribution is -2.17. The van der Waals surface area contributed by atoms with Crippen molar-refractivity contribution in [2.75, 3.05) is 7.11 Å². The molecule has 0 aliphatic heterocycles. The molecular formula is C23H26O5. The van der Waals surface area contributed by atoms with Gasteiger partial charge in [0.25, 0.3) is 0 Å². The van der Waals surface area contributed by atoms with Crippen LogP contribution in [0.15, 0.2) is 42.5 Å². The summed E-state index contributed by atoms with van der Waals surface area (Å²) >= 11 is 0. The highest BCUT2D eigenvalue weighted by atomic mass is 16.5. The summed E-state index contributed by atoms with van der Waals surface area (Å²) in [5.74, 6) is -0.569. The summed E-state index contributed by atoms with van der Waals surface area (Å²) in [6, 6.07) is 12.8. The summed E-state index contributed by atoms with van der Waals surface area (Å²) in [7, 11) is 1.61. The van der Waals surface area contributed by atoms with Crippen molar-refractivity contribution in [1.82, 2.24) is 0 Å². The zero-order valence-electron chi connectivity index (χ0n) is 16.6. The summed E-state index contributed by atoms with van der Waals surface area (Å²) in [6.07, 6.45) is 1.43. The van der Waals surface area contributed by atoms with Gasteiger partial charge < -0.3 is 9.47 Å². The minimum Gasteiger partial charge on any atom is -0.496 e. The highest BCUT2D eigenvalue weighted by Crippen LogP contribution is 2.25. The van der Waals surface area contributed by atoms with E-state index in [2.05, 4.69) is 0 Å². The third-order valence-corrected chi connectivity index (χ3v) is 4.48. The highest BCUT2D eigenvalue weighted by Gasteiger charge is 2.16. The van der Waals surface area contributed by atoms with Gasteiger partial charge in [-0.15, -0.1) is 0 Å². The van der Waals surface area contributed by atoms with Crippen molar-refractivity contribution in [1.29, 1.82) is 0 Å². The van der Waals surface area contributed by atoms with Crippen LogP contribution in [0.5, 0.6) is 5.75 Å². The van der Waals surface area contributed by atoms with Gasteiger partial charge >= 0.3 is 5.97 Å². The van der Waals surface area contributed by atoms with Gasteiger partial charge in [-0.2, -0.15) is 0 Å². The molecule has 0 N–H and O–H groups in total. The molecule has 0 bridgehead atoms. The molecule has 5 heteroatoms. The number of carbonyl (C=O) groups is 3. The SMILES string of the molecule is COc1c(C)cc(C(=O)CCCCC(=O)C(=O)OCc2ccccc2)cc1C. The lowest BCUT2D eigenvalue weighted by atomic mass is 9.99. The molecule has 0 radical (unpaired) electrons. The minimum atomic E-state index is -0.823. The molecular weight excluding hydrogens is 356 g/mol. The number of unbranched alkanes of at least 4 members (excludes halogenated alkanes) is 1. The Bertz CT molecular complexity index is 816. The molecule has 0 heterocycles. The summed E-state index contributed by atoms with van der Waals surface area (Å²) in [5.41, 5.74) is 3.31. The Morgan fingerprint density at radius 1 is 0.893 bits per heavy atom. The standard InChI is InChI=1S/C23H26O5/c1-16-13-19(14-17(2)22(16)27-3)20(24)11-7-8-12-21(25)23(26)28-15-18-9-5-4-6-10-18/h4-6,9-10,13-14H,7-8,11-12,15H2,1-3H3. The van der Waals surface area contributed by atoms with E-state index < -0.39 is 11.8 Å². The largest absolute Gasteiger partial charge is 0.496 e. The third kappa shape index (κ3) is 6.05. The third-order valence-electron chi connectivity index (χ3n) is 4.48. The number of ether oxygens (including phenoxy) is 2. The molecule has 0 saturated heterocycles. The topological polar surface area (TPSA) is 69.7 Å². The van der Waals surface area contributed by atoms with Gasteiger partial charge in [-0.3, -0.25) is 9.59 Å². The van der Waals surface area contributed by atoms with Crippen molar-refractivity contribution >= 4 is 17.5 Å². The predicted octanol–water partition coefficient (Wildman–Crippen LogP) is 4.37. The first-order valence-electron chi connectivity index (χ1n) is 9.34. The van der Waals surface area contributed by atoms with Crippen LogP contribution >= 0.6 is 0 Å². The van der Waals surface area contributed by atoms with Crippen LogP contribution < -0.4 is 4.74 Å². The molecule has 148 valence electrons. The zero-order chi connectivity index (χ0) is 20.5. The molecule has 2 aromatic rings. The number of rotatable bonds is 10. The molecule has 0 aliphatic carbocycles. The van der Waals surface area contributed by atoms with E-state index >= 15 is 0 Å². The molecule has 0 atom stereocenters. The van der Waals surface area contributed by atoms with Gasteiger partial charge in [0.05, 0.1) is 7.11 Å². The van der Waals surface area contributed by atoms with Gasteiger partial charge in [0.2, 0.25) is 5.78 Å². The molecule has 0 aromatic heterocycles. The molecule has 0 spiro atoms. The fraction of sp³-hybridized carbons (Fsp3) is 0.348. The highest BCUT2D eigenvalue weighted by molar-refractivity contribution is 6.33. The van der Waals surface area contributed by atoms with Gasteiger partial charge in [-0.05, 0) is 55.5 Å². The molecule has 0 fully saturated rings. The van der Waals surface area contributed by atoms with Crippen LogP contribution in [-0.2, 0) is 20.9 Å². The molecule has 0 aliphatic rings. The Balaban J connectivity index is 1.73. The predicted molar refractivity (Wildman–Crippen MR) is 107 cm³/mol. The second-order valence-electron chi connectivity index (χ2n) is 6.76. The van der Waals surface area contributed by atoms with Crippen LogP contribution in [0.3, 0.4) is 0 Å². The average molecular weight is 382 g/mol. The Morgan fingerprint density at radius 3 is 2.11 bits per heavy atom. The lowest BCUT2D eigenvalue weighted by molar-refractivity contribution is -0.154. The smallest absolute Gasteiger partial charge is 0.374 e. The van der Waals surface area contributed by atoms with Crippen molar-refractivity contribution in [3.63, 3.8) is 0 Å². The van der Waals surface area contributed by atoms with Crippen LogP contribution in [-0.4, -0.2) is 24.6 Å². The summed E-state index contributed by atoms with van der Waals surface area (Å²) in [4.78, 5) is 36.0. The van der Waals surface area contributed by atoms with Gasteiger partial charge in [-0.1, -0.05) is 30.3 Å². The number of methoxy groups -OCH3 is 1. The number of ketones is 2. The van der Waals surface area contributed by atoms with Crippen LogP contribution in [0.4, 0.5) is 0 Å². The fourth-order valence-corrected chi connectivity index (χ4v) is 3.05. The minimum absolute atomic E-state index is 0.0213. The number of benzene rings is 2. The Hall–Kier alpha value is -2.95. The van der Waals surface area contributed by atoms with Crippen LogP contribution in [0.1, 0.15) is 52.7 Å². The van der Waals surface area contributed by atoms with Crippen LogP contribution in [0.2, 0.25) is 0 Å². The number of Topliss-reactive ketones (excluding diaryl/α,β-unsaturated/α-hetero) is 2. The number of esters is 1. The summed E-state index contributed by atoms with van der Waals surface area (Å²) in [6.45, 7) is 3.89. The average Bonchev–Trinajstić information content (AvgIpc) is 2.69. The first-order valence-corrected chi connectivity index (χ1v) is 9.34. The molecule has 5 nitrogen and oxygen atoms in total. The quantitative estimate of drug-likeness (QED) is 0.264. The monoisotopic (exact) mass is 382 g/mol. The van der Waals surface area contributed by atoms with Gasteiger partial charge in [0.1, 0.15) is 12.4 Å². The Labute approximate surface area is 165 Å². The van der Waals surface area contributed by atoms with E-state index in [1.807, 2.05) is 56.3 Å². The Morgan fingerprint density at radius 2 is 1.50 bits per heavy atom. The maximum absolute atomic E-state index is 12.4. The summed E-state index contributed by atoms with van der Waals surface area (Å²) in [5, 5.41) is 0. The number of aryl methyl sites for hydroxylation is 2. The first kappa shape index (κ1) is 21.4. The molecule has 0 unspecified atom stereocenters. The maximum Gasteiger partial charge on any atom is 0.374 e. The van der Waals surface area contributed by atoms with Gasteiger partial charge in [0.15, 0.2) is 5.78 Å². The van der Waals surface area contributed by atoms with Crippen LogP contribution in [0.25, 0.3) is 0 Å². The van der Waals surface area contributed by atoms with Gasteiger partial charge in [0, 0.05) is 18.4 Å². The zero-order valence-corrected chi connectivity index (χ0v) is 16.6. The van der Waals surface area contributed by atoms with Crippen molar-refractivity contribution in [2.45, 2.75) is 46.1 Å². The Kier molecular flexibility index (Phi) is 7.93. The summed E-state index contributed by atoms with van der Waals surface area (Å²) < 4.78 is 10.3. The van der Waals surface area contributed by atoms with E-state index in [4.69, 9.17) is 9.47 Å². The maximum atomic E-state index is 12.4. The molecule has 2 rings (SSSR count). The second kappa shape index (κ2) is 10.4. The molecule has 0 amide bonds. The molecule has 0 saturated carbocycles. The van der Waals surface area contributed by atoms with Crippen molar-refractivity contribution in [3.05, 3.63) is 64.7 Å². The first-order chi connectivity index (χ1) is 13.4. The second-order valence-corrected chi connectivity index (χ2v) is 6.76. The van der Waals surface area contributed by atoms with E-state index in [0.29, 0.717) is 24.8 Å².